The molecule has 1 aliphatic rings. The van der Waals surface area contributed by atoms with Crippen molar-refractivity contribution in [2.24, 2.45) is 0 Å². The Morgan fingerprint density at radius 2 is 1.86 bits per heavy atom. The van der Waals surface area contributed by atoms with Gasteiger partial charge in [0.25, 0.3) is 5.91 Å². The number of hydrogen-bond donors (Lipinski definition) is 2. The van der Waals surface area contributed by atoms with Gasteiger partial charge in [-0.1, -0.05) is 12.1 Å². The number of ketones is 1. The van der Waals surface area contributed by atoms with Crippen LogP contribution < -0.4 is 19.7 Å². The molecule has 3 rings (SSSR count). The number of anilines is 1. The second kappa shape index (κ2) is 10.7. The van der Waals surface area contributed by atoms with Crippen molar-refractivity contribution in [2.45, 2.75) is 19.4 Å². The number of carboxylic acid groups (broad SMARTS) is 1. The Balaban J connectivity index is 2.12. The molecule has 0 fully saturated rings. The highest BCUT2D eigenvalue weighted by atomic mass is 16.5. The number of nitrogens with zero attached hydrogens (tertiary/aromatic N) is 2. The van der Waals surface area contributed by atoms with Gasteiger partial charge in [0, 0.05) is 36.6 Å². The van der Waals surface area contributed by atoms with Crippen LogP contribution in [0.5, 0.6) is 11.5 Å². The number of aliphatic carboxylic acids is 1. The molecule has 2 aromatic rings. The number of hydrogen-bond acceptors (Lipinski definition) is 6. The van der Waals surface area contributed by atoms with Crippen LogP contribution in [-0.4, -0.2) is 67.6 Å². The molecule has 3 amide bonds. The highest BCUT2D eigenvalue weighted by molar-refractivity contribution is 6.19. The number of benzene rings is 2. The Morgan fingerprint density at radius 3 is 2.51 bits per heavy atom. The highest BCUT2D eigenvalue weighted by Gasteiger charge is 2.41. The Kier molecular flexibility index (Phi) is 7.75. The fourth-order valence-corrected chi connectivity index (χ4v) is 3.71. The summed E-state index contributed by atoms with van der Waals surface area (Å²) in [7, 11) is 4.57. The minimum atomic E-state index is -1.46. The predicted molar refractivity (Wildman–Crippen MR) is 128 cm³/mol. The molecule has 1 atom stereocenters. The molecule has 0 spiro atoms. The van der Waals surface area contributed by atoms with E-state index >= 15 is 0 Å². The van der Waals surface area contributed by atoms with Crippen molar-refractivity contribution in [1.29, 1.82) is 0 Å². The van der Waals surface area contributed by atoms with E-state index in [9.17, 15) is 19.2 Å². The molecule has 0 saturated carbocycles. The van der Waals surface area contributed by atoms with Crippen molar-refractivity contribution >= 4 is 29.4 Å². The molecule has 0 radical (unpaired) electrons. The number of allylic oxidation sites excluding steroid dienone is 1. The zero-order chi connectivity index (χ0) is 25.7. The summed E-state index contributed by atoms with van der Waals surface area (Å²) in [6.07, 6.45) is 0.985. The maximum Gasteiger partial charge on any atom is 0.323 e. The van der Waals surface area contributed by atoms with Crippen molar-refractivity contribution in [3.05, 3.63) is 54.2 Å². The number of rotatable bonds is 8. The minimum absolute atomic E-state index is 0.177. The summed E-state index contributed by atoms with van der Waals surface area (Å²) in [6.45, 7) is 1.45. The van der Waals surface area contributed by atoms with E-state index in [1.165, 1.54) is 25.1 Å². The molecule has 184 valence electrons. The molecule has 0 bridgehead atoms. The fraction of sp³-hybridized carbons (Fsp3) is 0.280. The first-order chi connectivity index (χ1) is 16.7. The molecular weight excluding hydrogens is 454 g/mol. The van der Waals surface area contributed by atoms with Crippen molar-refractivity contribution in [2.75, 3.05) is 32.7 Å². The lowest BCUT2D eigenvalue weighted by atomic mass is 10.00. The average Bonchev–Trinajstić information content (AvgIpc) is 2.84. The number of carbonyl (C=O) groups excluding carboxylic acids is 3. The molecular formula is C25H27N3O7. The molecule has 1 heterocycles. The van der Waals surface area contributed by atoms with Gasteiger partial charge in [-0.15, -0.1) is 0 Å². The smallest absolute Gasteiger partial charge is 0.323 e. The van der Waals surface area contributed by atoms with Crippen molar-refractivity contribution in [3.63, 3.8) is 0 Å². The van der Waals surface area contributed by atoms with Gasteiger partial charge < -0.3 is 24.8 Å². The van der Waals surface area contributed by atoms with Gasteiger partial charge in [0.05, 0.1) is 20.6 Å². The number of methoxy groups -OCH3 is 2. The van der Waals surface area contributed by atoms with E-state index in [0.29, 0.717) is 22.8 Å². The van der Waals surface area contributed by atoms with E-state index in [4.69, 9.17) is 14.6 Å². The van der Waals surface area contributed by atoms with Crippen LogP contribution >= 0.6 is 0 Å². The van der Waals surface area contributed by atoms with Gasteiger partial charge in [0.1, 0.15) is 11.5 Å². The summed E-state index contributed by atoms with van der Waals surface area (Å²) in [5.74, 6) is -1.12. The van der Waals surface area contributed by atoms with Gasteiger partial charge in [0.15, 0.2) is 11.8 Å². The molecule has 1 unspecified atom stereocenters. The number of ether oxygens (including phenoxy) is 2. The summed E-state index contributed by atoms with van der Waals surface area (Å²) in [6, 6.07) is 9.79. The summed E-state index contributed by atoms with van der Waals surface area (Å²) < 4.78 is 10.8. The number of carbonyl (C=O) groups is 4. The molecule has 0 saturated heterocycles. The van der Waals surface area contributed by atoms with Crippen molar-refractivity contribution in [1.82, 2.24) is 10.2 Å². The van der Waals surface area contributed by atoms with Gasteiger partial charge in [-0.2, -0.15) is 0 Å². The first kappa shape index (κ1) is 25.3. The van der Waals surface area contributed by atoms with Crippen LogP contribution in [0.15, 0.2) is 54.2 Å². The maximum atomic E-state index is 13.2. The lowest BCUT2D eigenvalue weighted by Gasteiger charge is -2.35. The maximum absolute atomic E-state index is 13.2. The van der Waals surface area contributed by atoms with E-state index in [1.54, 1.807) is 50.4 Å². The second-order valence-electron chi connectivity index (χ2n) is 7.85. The average molecular weight is 482 g/mol. The van der Waals surface area contributed by atoms with Crippen molar-refractivity contribution < 1.29 is 33.8 Å². The van der Waals surface area contributed by atoms with E-state index in [1.807, 2.05) is 6.07 Å². The molecule has 2 aromatic carbocycles. The van der Waals surface area contributed by atoms with Crippen LogP contribution in [-0.2, 0) is 14.4 Å². The molecule has 2 N–H and O–H groups in total. The molecule has 10 heteroatoms. The van der Waals surface area contributed by atoms with Crippen LogP contribution in [0.1, 0.15) is 13.3 Å². The van der Waals surface area contributed by atoms with Gasteiger partial charge in [-0.3, -0.25) is 19.3 Å². The second-order valence-corrected chi connectivity index (χ2v) is 7.85. The largest absolute Gasteiger partial charge is 0.497 e. The zero-order valence-corrected chi connectivity index (χ0v) is 19.9. The molecule has 35 heavy (non-hydrogen) atoms. The quantitative estimate of drug-likeness (QED) is 0.555. The predicted octanol–water partition coefficient (Wildman–Crippen LogP) is 2.68. The standard InChI is InChI=1S/C25H27N3O7/c1-15-12-20(29)23(24(32)27(15)2)28(25(33)26-11-10-22(30)31)17-8-9-21(35-4)19(14-17)16-6-5-7-18(13-16)34-3/h5-9,12-14,23H,10-11H2,1-4H3,(H,26,33)(H,30,31). The Bertz CT molecular complexity index is 1190. The van der Waals surface area contributed by atoms with Crippen LogP contribution in [0.3, 0.4) is 0 Å². The molecule has 0 aliphatic carbocycles. The Morgan fingerprint density at radius 1 is 1.11 bits per heavy atom. The number of nitrogens with one attached hydrogen (secondary N) is 1. The van der Waals surface area contributed by atoms with Crippen LogP contribution in [0.4, 0.5) is 10.5 Å². The van der Waals surface area contributed by atoms with Gasteiger partial charge in [0.2, 0.25) is 0 Å². The third kappa shape index (κ3) is 5.43. The lowest BCUT2D eigenvalue weighted by Crippen LogP contribution is -2.58. The van der Waals surface area contributed by atoms with Crippen LogP contribution in [0, 0.1) is 0 Å². The van der Waals surface area contributed by atoms with Gasteiger partial charge in [-0.25, -0.2) is 4.79 Å². The lowest BCUT2D eigenvalue weighted by molar-refractivity contribution is -0.137. The third-order valence-corrected chi connectivity index (χ3v) is 5.65. The SMILES string of the molecule is COc1cccc(-c2cc(N(C(=O)NCCC(=O)O)C3C(=O)C=C(C)N(C)C3=O)ccc2OC)c1. The summed E-state index contributed by atoms with van der Waals surface area (Å²) in [5, 5.41) is 11.4. The van der Waals surface area contributed by atoms with Gasteiger partial charge in [-0.05, 0) is 42.8 Å². The first-order valence-corrected chi connectivity index (χ1v) is 10.8. The highest BCUT2D eigenvalue weighted by Crippen LogP contribution is 2.36. The minimum Gasteiger partial charge on any atom is -0.497 e. The third-order valence-electron chi connectivity index (χ3n) is 5.65. The van der Waals surface area contributed by atoms with Crippen molar-refractivity contribution in [3.8, 4) is 22.6 Å². The first-order valence-electron chi connectivity index (χ1n) is 10.8. The van der Waals surface area contributed by atoms with E-state index in [2.05, 4.69) is 5.32 Å². The Hall–Kier alpha value is -4.34. The van der Waals surface area contributed by atoms with Crippen LogP contribution in [0.25, 0.3) is 11.1 Å². The molecule has 1 aliphatic heterocycles. The molecule has 10 nitrogen and oxygen atoms in total. The zero-order valence-electron chi connectivity index (χ0n) is 19.9. The van der Waals surface area contributed by atoms with Gasteiger partial charge >= 0.3 is 12.0 Å². The number of urea groups is 1. The summed E-state index contributed by atoms with van der Waals surface area (Å²) >= 11 is 0. The normalized spacial score (nSPS) is 15.4. The van der Waals surface area contributed by atoms with E-state index in [0.717, 1.165) is 10.5 Å². The van der Waals surface area contributed by atoms with E-state index < -0.39 is 29.7 Å². The fourth-order valence-electron chi connectivity index (χ4n) is 3.71. The number of amides is 3. The topological polar surface area (TPSA) is 125 Å². The molecule has 0 aromatic heterocycles. The summed E-state index contributed by atoms with van der Waals surface area (Å²) in [4.78, 5) is 52.6. The van der Waals surface area contributed by atoms with E-state index in [-0.39, 0.29) is 18.7 Å². The Labute approximate surface area is 202 Å². The summed E-state index contributed by atoms with van der Waals surface area (Å²) in [5.41, 5.74) is 2.03. The van der Waals surface area contributed by atoms with Crippen LogP contribution in [0.2, 0.25) is 0 Å². The monoisotopic (exact) mass is 481 g/mol. The number of likely N-dealkylation sites (N-methyl/N-ethyl adjacent to an activating group) is 1. The number of carboxylic acids is 1.